The maximum Gasteiger partial charge on any atom is 0.409 e. The summed E-state index contributed by atoms with van der Waals surface area (Å²) in [5, 5.41) is 5.92. The molecule has 2 N–H and O–H groups in total. The average molecular weight is 325 g/mol. The molecular weight excluding hydrogens is 306 g/mol. The van der Waals surface area contributed by atoms with Crippen molar-refractivity contribution in [2.24, 2.45) is 0 Å². The number of ether oxygens (including phenoxy) is 1. The molecule has 0 spiro atoms. The molecule has 0 saturated carbocycles. The molecule has 120 valence electrons. The number of methoxy groups -OCH3 is 1. The van der Waals surface area contributed by atoms with Crippen molar-refractivity contribution >= 4 is 34.2 Å². The van der Waals surface area contributed by atoms with Crippen LogP contribution in [0.4, 0.5) is 9.80 Å². The van der Waals surface area contributed by atoms with Crippen molar-refractivity contribution in [3.05, 3.63) is 16.0 Å². The molecule has 0 aliphatic carbocycles. The average Bonchev–Trinajstić information content (AvgIpc) is 2.89. The van der Waals surface area contributed by atoms with E-state index in [1.165, 1.54) is 18.4 Å². The van der Waals surface area contributed by atoms with Crippen LogP contribution in [-0.4, -0.2) is 43.5 Å². The van der Waals surface area contributed by atoms with Gasteiger partial charge in [-0.1, -0.05) is 6.92 Å². The molecule has 0 bridgehead atoms. The van der Waals surface area contributed by atoms with E-state index in [9.17, 15) is 14.4 Å². The van der Waals surface area contributed by atoms with E-state index in [4.69, 9.17) is 4.74 Å². The minimum absolute atomic E-state index is 0.145. The zero-order valence-electron chi connectivity index (χ0n) is 12.8. The number of carbonyl (C=O) groups is 3. The fourth-order valence-corrected chi connectivity index (χ4v) is 3.63. The molecule has 1 aromatic rings. The molecular formula is C14H19N3O4S. The molecule has 8 heteroatoms. The molecule has 2 heterocycles. The first-order chi connectivity index (χ1) is 10.5. The van der Waals surface area contributed by atoms with Gasteiger partial charge in [0.1, 0.15) is 5.00 Å². The Hall–Kier alpha value is -2.09. The summed E-state index contributed by atoms with van der Waals surface area (Å²) < 4.78 is 4.73. The van der Waals surface area contributed by atoms with E-state index in [1.807, 2.05) is 0 Å². The number of carbonyl (C=O) groups excluding carboxylic acids is 3. The van der Waals surface area contributed by atoms with Crippen molar-refractivity contribution < 1.29 is 19.1 Å². The summed E-state index contributed by atoms with van der Waals surface area (Å²) >= 11 is 1.34. The molecule has 1 aromatic heterocycles. The van der Waals surface area contributed by atoms with Crippen LogP contribution in [0.15, 0.2) is 0 Å². The SMILES string of the molecule is CCC(=O)Nc1sc2c(c1C(=O)NC)CCN(C(=O)OC)C2. The third kappa shape index (κ3) is 3.06. The van der Waals surface area contributed by atoms with Crippen molar-refractivity contribution in [2.75, 3.05) is 26.0 Å². The van der Waals surface area contributed by atoms with E-state index in [0.29, 0.717) is 36.5 Å². The largest absolute Gasteiger partial charge is 0.453 e. The Morgan fingerprint density at radius 1 is 1.36 bits per heavy atom. The summed E-state index contributed by atoms with van der Waals surface area (Å²) in [6.45, 7) is 2.63. The molecule has 0 fully saturated rings. The standard InChI is InChI=1S/C14H19N3O4S/c1-4-10(18)16-13-11(12(19)15-2)8-5-6-17(14(20)21-3)7-9(8)22-13/h4-7H2,1-3H3,(H,15,19)(H,16,18). The maximum absolute atomic E-state index is 12.1. The number of nitrogens with one attached hydrogen (secondary N) is 2. The van der Waals surface area contributed by atoms with Gasteiger partial charge in [0.15, 0.2) is 0 Å². The van der Waals surface area contributed by atoms with Gasteiger partial charge in [0.05, 0.1) is 19.2 Å². The lowest BCUT2D eigenvalue weighted by Gasteiger charge is -2.25. The molecule has 1 aliphatic heterocycles. The minimum Gasteiger partial charge on any atom is -0.453 e. The summed E-state index contributed by atoms with van der Waals surface area (Å²) in [7, 11) is 2.90. The topological polar surface area (TPSA) is 87.7 Å². The zero-order chi connectivity index (χ0) is 16.3. The Morgan fingerprint density at radius 2 is 2.09 bits per heavy atom. The smallest absolute Gasteiger partial charge is 0.409 e. The second kappa shape index (κ2) is 6.78. The van der Waals surface area contributed by atoms with Crippen LogP contribution in [0.2, 0.25) is 0 Å². The summed E-state index contributed by atoms with van der Waals surface area (Å²) in [4.78, 5) is 37.9. The summed E-state index contributed by atoms with van der Waals surface area (Å²) in [6, 6.07) is 0. The van der Waals surface area contributed by atoms with Crippen LogP contribution < -0.4 is 10.6 Å². The molecule has 0 saturated heterocycles. The van der Waals surface area contributed by atoms with Crippen LogP contribution in [0.1, 0.15) is 34.1 Å². The predicted octanol–water partition coefficient (Wildman–Crippen LogP) is 1.58. The summed E-state index contributed by atoms with van der Waals surface area (Å²) in [5.74, 6) is -0.371. The van der Waals surface area contributed by atoms with Crippen LogP contribution in [0.25, 0.3) is 0 Å². The van der Waals surface area contributed by atoms with Gasteiger partial charge in [-0.3, -0.25) is 9.59 Å². The number of anilines is 1. The van der Waals surface area contributed by atoms with E-state index < -0.39 is 0 Å². The van der Waals surface area contributed by atoms with Crippen LogP contribution in [0.5, 0.6) is 0 Å². The van der Waals surface area contributed by atoms with Crippen molar-refractivity contribution in [3.8, 4) is 0 Å². The van der Waals surface area contributed by atoms with E-state index in [-0.39, 0.29) is 17.9 Å². The first-order valence-corrected chi connectivity index (χ1v) is 7.82. The first-order valence-electron chi connectivity index (χ1n) is 7.01. The highest BCUT2D eigenvalue weighted by Gasteiger charge is 2.30. The maximum atomic E-state index is 12.1. The normalized spacial score (nSPS) is 13.3. The highest BCUT2D eigenvalue weighted by Crippen LogP contribution is 2.37. The molecule has 22 heavy (non-hydrogen) atoms. The number of rotatable bonds is 3. The Morgan fingerprint density at radius 3 is 2.68 bits per heavy atom. The lowest BCUT2D eigenvalue weighted by atomic mass is 10.0. The molecule has 0 unspecified atom stereocenters. The fourth-order valence-electron chi connectivity index (χ4n) is 2.36. The van der Waals surface area contributed by atoms with Crippen LogP contribution in [0, 0.1) is 0 Å². The van der Waals surface area contributed by atoms with Crippen LogP contribution >= 0.6 is 11.3 Å². The number of thiophene rings is 1. The van der Waals surface area contributed by atoms with E-state index in [0.717, 1.165) is 10.4 Å². The Labute approximate surface area is 132 Å². The van der Waals surface area contributed by atoms with E-state index in [1.54, 1.807) is 18.9 Å². The Balaban J connectivity index is 2.37. The second-order valence-electron chi connectivity index (χ2n) is 4.83. The summed E-state index contributed by atoms with van der Waals surface area (Å²) in [5.41, 5.74) is 1.41. The number of hydrogen-bond donors (Lipinski definition) is 2. The monoisotopic (exact) mass is 325 g/mol. The zero-order valence-corrected chi connectivity index (χ0v) is 13.6. The fraction of sp³-hybridized carbons (Fsp3) is 0.500. The number of nitrogens with zero attached hydrogens (tertiary/aromatic N) is 1. The van der Waals surface area contributed by atoms with Crippen molar-refractivity contribution in [3.63, 3.8) is 0 Å². The predicted molar refractivity (Wildman–Crippen MR) is 83.1 cm³/mol. The van der Waals surface area contributed by atoms with Crippen molar-refractivity contribution in [2.45, 2.75) is 26.3 Å². The van der Waals surface area contributed by atoms with Crippen molar-refractivity contribution in [1.82, 2.24) is 10.2 Å². The van der Waals surface area contributed by atoms with Gasteiger partial charge < -0.3 is 20.3 Å². The Kier molecular flexibility index (Phi) is 5.02. The quantitative estimate of drug-likeness (QED) is 0.883. The number of amides is 3. The third-order valence-electron chi connectivity index (χ3n) is 3.52. The van der Waals surface area contributed by atoms with E-state index in [2.05, 4.69) is 10.6 Å². The second-order valence-corrected chi connectivity index (χ2v) is 5.94. The van der Waals surface area contributed by atoms with Crippen LogP contribution in [-0.2, 0) is 22.5 Å². The molecule has 0 aromatic carbocycles. The van der Waals surface area contributed by atoms with Gasteiger partial charge >= 0.3 is 6.09 Å². The molecule has 0 radical (unpaired) electrons. The van der Waals surface area contributed by atoms with Gasteiger partial charge in [0, 0.05) is 24.9 Å². The van der Waals surface area contributed by atoms with Gasteiger partial charge in [0.2, 0.25) is 5.91 Å². The highest BCUT2D eigenvalue weighted by atomic mass is 32.1. The van der Waals surface area contributed by atoms with Crippen LogP contribution in [0.3, 0.4) is 0 Å². The highest BCUT2D eigenvalue weighted by molar-refractivity contribution is 7.17. The van der Waals surface area contributed by atoms with Gasteiger partial charge in [-0.25, -0.2) is 4.79 Å². The van der Waals surface area contributed by atoms with E-state index >= 15 is 0 Å². The lowest BCUT2D eigenvalue weighted by Crippen LogP contribution is -2.35. The lowest BCUT2D eigenvalue weighted by molar-refractivity contribution is -0.115. The van der Waals surface area contributed by atoms with Gasteiger partial charge in [-0.15, -0.1) is 11.3 Å². The van der Waals surface area contributed by atoms with Crippen molar-refractivity contribution in [1.29, 1.82) is 0 Å². The summed E-state index contributed by atoms with van der Waals surface area (Å²) in [6.07, 6.45) is 0.509. The molecule has 3 amide bonds. The first kappa shape index (κ1) is 16.3. The molecule has 0 atom stereocenters. The number of fused-ring (bicyclic) bond motifs is 1. The molecule has 2 rings (SSSR count). The molecule has 7 nitrogen and oxygen atoms in total. The van der Waals surface area contributed by atoms with Gasteiger partial charge in [-0.05, 0) is 12.0 Å². The molecule has 1 aliphatic rings. The third-order valence-corrected chi connectivity index (χ3v) is 4.65. The minimum atomic E-state index is -0.389. The Bertz CT molecular complexity index is 611. The number of hydrogen-bond acceptors (Lipinski definition) is 5. The van der Waals surface area contributed by atoms with Gasteiger partial charge in [0.25, 0.3) is 5.91 Å². The van der Waals surface area contributed by atoms with Gasteiger partial charge in [-0.2, -0.15) is 0 Å².